The van der Waals surface area contributed by atoms with Gasteiger partial charge in [-0.3, -0.25) is 4.99 Å². The molecule has 128 valence electrons. The third-order valence-corrected chi connectivity index (χ3v) is 3.85. The van der Waals surface area contributed by atoms with Crippen molar-refractivity contribution >= 4 is 5.96 Å². The quantitative estimate of drug-likeness (QED) is 0.418. The fourth-order valence-electron chi connectivity index (χ4n) is 2.60. The van der Waals surface area contributed by atoms with Gasteiger partial charge in [0.25, 0.3) is 0 Å². The maximum atomic E-state index is 5.60. The minimum absolute atomic E-state index is 0.507. The summed E-state index contributed by atoms with van der Waals surface area (Å²) < 4.78 is 5.60. The van der Waals surface area contributed by atoms with E-state index in [9.17, 15) is 0 Å². The number of hydrogen-bond donors (Lipinski definition) is 2. The second kappa shape index (κ2) is 9.56. The highest BCUT2D eigenvalue weighted by Gasteiger charge is 2.38. The monoisotopic (exact) mass is 317 g/mol. The van der Waals surface area contributed by atoms with E-state index < -0.39 is 0 Å². The lowest BCUT2D eigenvalue weighted by molar-refractivity contribution is 0.109. The van der Waals surface area contributed by atoms with Crippen LogP contribution in [0.4, 0.5) is 0 Å². The standard InChI is InChI=1S/C19H31N3O/c1-4-20-19(21-11-8-12-23-14-15(2)3)22-18-13-17(18)16-9-6-5-7-10-16/h5-7,9-10,15,17-18H,4,8,11-14H2,1-3H3,(H2,20,21,22). The molecule has 0 spiro atoms. The first kappa shape index (κ1) is 17.8. The first-order valence-electron chi connectivity index (χ1n) is 8.88. The maximum Gasteiger partial charge on any atom is 0.191 e. The van der Waals surface area contributed by atoms with Gasteiger partial charge in [-0.05, 0) is 31.2 Å². The summed E-state index contributed by atoms with van der Waals surface area (Å²) in [6.07, 6.45) is 2.15. The van der Waals surface area contributed by atoms with Crippen molar-refractivity contribution in [2.45, 2.75) is 45.6 Å². The molecule has 0 saturated heterocycles. The van der Waals surface area contributed by atoms with Gasteiger partial charge in [-0.15, -0.1) is 0 Å². The summed E-state index contributed by atoms with van der Waals surface area (Å²) in [5, 5.41) is 6.88. The summed E-state index contributed by atoms with van der Waals surface area (Å²) in [7, 11) is 0. The molecule has 0 heterocycles. The van der Waals surface area contributed by atoms with Gasteiger partial charge in [0.05, 0.1) is 0 Å². The van der Waals surface area contributed by atoms with Crippen molar-refractivity contribution in [2.24, 2.45) is 10.9 Å². The van der Waals surface area contributed by atoms with E-state index in [1.54, 1.807) is 0 Å². The van der Waals surface area contributed by atoms with Gasteiger partial charge < -0.3 is 15.4 Å². The number of ether oxygens (including phenoxy) is 1. The fourth-order valence-corrected chi connectivity index (χ4v) is 2.60. The summed E-state index contributed by atoms with van der Waals surface area (Å²) in [5.41, 5.74) is 1.42. The number of guanidine groups is 1. The largest absolute Gasteiger partial charge is 0.381 e. The summed E-state index contributed by atoms with van der Waals surface area (Å²) >= 11 is 0. The van der Waals surface area contributed by atoms with Crippen molar-refractivity contribution < 1.29 is 4.74 Å². The van der Waals surface area contributed by atoms with Crippen LogP contribution in [-0.4, -0.2) is 38.3 Å². The van der Waals surface area contributed by atoms with Crippen molar-refractivity contribution in [1.29, 1.82) is 0 Å². The van der Waals surface area contributed by atoms with Gasteiger partial charge in [0.15, 0.2) is 5.96 Å². The lowest BCUT2D eigenvalue weighted by Crippen LogP contribution is -2.39. The highest BCUT2D eigenvalue weighted by atomic mass is 16.5. The predicted octanol–water partition coefficient (Wildman–Crippen LogP) is 3.16. The Bertz CT molecular complexity index is 473. The van der Waals surface area contributed by atoms with E-state index in [4.69, 9.17) is 4.74 Å². The van der Waals surface area contributed by atoms with Gasteiger partial charge in [-0.2, -0.15) is 0 Å². The van der Waals surface area contributed by atoms with Crippen LogP contribution < -0.4 is 10.6 Å². The van der Waals surface area contributed by atoms with Crippen LogP contribution in [0.2, 0.25) is 0 Å². The van der Waals surface area contributed by atoms with E-state index in [0.29, 0.717) is 17.9 Å². The smallest absolute Gasteiger partial charge is 0.191 e. The zero-order valence-corrected chi connectivity index (χ0v) is 14.7. The molecule has 0 amide bonds. The van der Waals surface area contributed by atoms with Crippen LogP contribution in [0.5, 0.6) is 0 Å². The van der Waals surface area contributed by atoms with Gasteiger partial charge in [0, 0.05) is 38.3 Å². The molecule has 0 aliphatic heterocycles. The molecule has 4 heteroatoms. The highest BCUT2D eigenvalue weighted by molar-refractivity contribution is 5.80. The van der Waals surface area contributed by atoms with Crippen LogP contribution in [0.25, 0.3) is 0 Å². The summed E-state index contributed by atoms with van der Waals surface area (Å²) in [5.74, 6) is 2.15. The lowest BCUT2D eigenvalue weighted by Gasteiger charge is -2.11. The Balaban J connectivity index is 1.71. The first-order valence-corrected chi connectivity index (χ1v) is 8.88. The molecule has 0 radical (unpaired) electrons. The van der Waals surface area contributed by atoms with Crippen LogP contribution >= 0.6 is 0 Å². The van der Waals surface area contributed by atoms with Crippen LogP contribution in [-0.2, 0) is 4.74 Å². The summed E-state index contributed by atoms with van der Waals surface area (Å²) in [6.45, 7) is 9.76. The van der Waals surface area contributed by atoms with Crippen LogP contribution in [0, 0.1) is 5.92 Å². The summed E-state index contributed by atoms with van der Waals surface area (Å²) in [6, 6.07) is 11.2. The fraction of sp³-hybridized carbons (Fsp3) is 0.632. The number of nitrogens with zero attached hydrogens (tertiary/aromatic N) is 1. The van der Waals surface area contributed by atoms with Crippen LogP contribution in [0.3, 0.4) is 0 Å². The number of rotatable bonds is 9. The molecule has 2 N–H and O–H groups in total. The second-order valence-electron chi connectivity index (χ2n) is 6.59. The molecular weight excluding hydrogens is 286 g/mol. The second-order valence-corrected chi connectivity index (χ2v) is 6.59. The number of nitrogens with one attached hydrogen (secondary N) is 2. The van der Waals surface area contributed by atoms with Gasteiger partial charge in [0.1, 0.15) is 0 Å². The third-order valence-electron chi connectivity index (χ3n) is 3.85. The molecule has 1 aromatic carbocycles. The Labute approximate surface area is 140 Å². The molecule has 2 atom stereocenters. The Morgan fingerprint density at radius 2 is 2.09 bits per heavy atom. The molecule has 23 heavy (non-hydrogen) atoms. The van der Waals surface area contributed by atoms with E-state index in [0.717, 1.165) is 38.7 Å². The topological polar surface area (TPSA) is 45.7 Å². The first-order chi connectivity index (χ1) is 11.2. The van der Waals surface area contributed by atoms with Crippen molar-refractivity contribution in [3.63, 3.8) is 0 Å². The van der Waals surface area contributed by atoms with Crippen molar-refractivity contribution in [3.05, 3.63) is 35.9 Å². The molecule has 1 saturated carbocycles. The van der Waals surface area contributed by atoms with Crippen LogP contribution in [0.15, 0.2) is 35.3 Å². The Morgan fingerprint density at radius 1 is 1.30 bits per heavy atom. The van der Waals surface area contributed by atoms with Gasteiger partial charge in [-0.25, -0.2) is 0 Å². The number of benzene rings is 1. The van der Waals surface area contributed by atoms with Crippen LogP contribution in [0.1, 0.15) is 45.1 Å². The molecule has 0 aromatic heterocycles. The lowest BCUT2D eigenvalue weighted by atomic mass is 10.1. The number of aliphatic imine (C=N–C) groups is 1. The number of hydrogen-bond acceptors (Lipinski definition) is 2. The highest BCUT2D eigenvalue weighted by Crippen LogP contribution is 2.40. The Morgan fingerprint density at radius 3 is 2.78 bits per heavy atom. The average molecular weight is 317 g/mol. The average Bonchev–Trinajstić information content (AvgIpc) is 3.30. The maximum absolute atomic E-state index is 5.60. The Kier molecular flexibility index (Phi) is 7.40. The molecule has 1 aliphatic carbocycles. The molecule has 1 aliphatic rings. The van der Waals surface area contributed by atoms with Crippen molar-refractivity contribution in [3.8, 4) is 0 Å². The minimum atomic E-state index is 0.507. The van der Waals surface area contributed by atoms with Crippen molar-refractivity contribution in [2.75, 3.05) is 26.3 Å². The molecular formula is C19H31N3O. The van der Waals surface area contributed by atoms with E-state index in [1.807, 2.05) is 0 Å². The predicted molar refractivity (Wildman–Crippen MR) is 97.0 cm³/mol. The van der Waals surface area contributed by atoms with Crippen molar-refractivity contribution in [1.82, 2.24) is 10.6 Å². The Hall–Kier alpha value is -1.55. The zero-order valence-electron chi connectivity index (χ0n) is 14.7. The van der Waals surface area contributed by atoms with Gasteiger partial charge >= 0.3 is 0 Å². The normalized spacial score (nSPS) is 20.6. The third kappa shape index (κ3) is 6.61. The molecule has 1 aromatic rings. The molecule has 0 bridgehead atoms. The van der Waals surface area contributed by atoms with Gasteiger partial charge in [0.2, 0.25) is 0 Å². The van der Waals surface area contributed by atoms with E-state index in [-0.39, 0.29) is 0 Å². The van der Waals surface area contributed by atoms with E-state index >= 15 is 0 Å². The molecule has 4 nitrogen and oxygen atoms in total. The van der Waals surface area contributed by atoms with E-state index in [2.05, 4.69) is 66.7 Å². The molecule has 2 unspecified atom stereocenters. The molecule has 2 rings (SSSR count). The minimum Gasteiger partial charge on any atom is -0.381 e. The van der Waals surface area contributed by atoms with E-state index in [1.165, 1.54) is 12.0 Å². The SMILES string of the molecule is CCNC(=NCCCOCC(C)C)NC1CC1c1ccccc1. The summed E-state index contributed by atoms with van der Waals surface area (Å²) in [4.78, 5) is 4.65. The molecule has 1 fully saturated rings. The zero-order chi connectivity index (χ0) is 16.5. The van der Waals surface area contributed by atoms with Gasteiger partial charge in [-0.1, -0.05) is 44.2 Å².